The van der Waals surface area contributed by atoms with Gasteiger partial charge in [-0.15, -0.1) is 0 Å². The minimum atomic E-state index is -2.43. The Morgan fingerprint density at radius 3 is 2.71 bits per heavy atom. The molecule has 2 aliphatic heterocycles. The standard InChI is InChI=1S/C26H44N3O5PS2Si/c1-16(2)18-10-11-26(7)21(12-18)37-35(36,34-26)28-19-13-22(29-14-17(3)23(30)27-24(29)31)33-20(19)15-32-38(8,9)25(4,5)6/h14,18-22H,1,10-13,15H2,2-9H3,(H,28,36)(H,27,30,31)/t18-,19-,20+,21+,22+,26+,35?/m0/s1. The molecule has 12 heteroatoms. The zero-order chi connectivity index (χ0) is 28.3. The van der Waals surface area contributed by atoms with E-state index >= 15 is 0 Å². The molecule has 8 nitrogen and oxygen atoms in total. The second kappa shape index (κ2) is 10.7. The van der Waals surface area contributed by atoms with Gasteiger partial charge >= 0.3 is 5.69 Å². The molecule has 0 spiro atoms. The van der Waals surface area contributed by atoms with Crippen molar-refractivity contribution in [1.29, 1.82) is 0 Å². The summed E-state index contributed by atoms with van der Waals surface area (Å²) in [6.45, 7) is 21.7. The number of nitrogens with zero attached hydrogens (tertiary/aromatic N) is 1. The van der Waals surface area contributed by atoms with Gasteiger partial charge in [-0.05, 0) is 75.9 Å². The van der Waals surface area contributed by atoms with Crippen molar-refractivity contribution in [3.05, 3.63) is 44.8 Å². The van der Waals surface area contributed by atoms with Gasteiger partial charge in [-0.2, -0.15) is 0 Å². The highest BCUT2D eigenvalue weighted by molar-refractivity contribution is 8.69. The van der Waals surface area contributed by atoms with Crippen molar-refractivity contribution in [2.24, 2.45) is 5.92 Å². The molecule has 1 saturated carbocycles. The fraction of sp³-hybridized carbons (Fsp3) is 0.769. The Kier molecular flexibility index (Phi) is 8.58. The first-order valence-corrected chi connectivity index (χ1v) is 20.6. The van der Waals surface area contributed by atoms with Crippen LogP contribution in [0.3, 0.4) is 0 Å². The molecule has 4 rings (SSSR count). The Bertz CT molecular complexity index is 1240. The Morgan fingerprint density at radius 1 is 1.39 bits per heavy atom. The van der Waals surface area contributed by atoms with E-state index in [0.29, 0.717) is 29.8 Å². The zero-order valence-corrected chi connectivity index (χ0v) is 27.5. The van der Waals surface area contributed by atoms with Gasteiger partial charge in [-0.25, -0.2) is 4.79 Å². The van der Waals surface area contributed by atoms with Crippen LogP contribution in [0.5, 0.6) is 0 Å². The van der Waals surface area contributed by atoms with Crippen molar-refractivity contribution < 1.29 is 13.7 Å². The smallest absolute Gasteiger partial charge is 0.330 e. The summed E-state index contributed by atoms with van der Waals surface area (Å²) in [5.41, 5.74) is -1.84. The van der Waals surface area contributed by atoms with E-state index < -0.39 is 25.9 Å². The van der Waals surface area contributed by atoms with Crippen molar-refractivity contribution in [2.45, 2.75) is 115 Å². The average molecular weight is 602 g/mol. The molecule has 3 fully saturated rings. The molecule has 0 amide bonds. The third-order valence-electron chi connectivity index (χ3n) is 8.89. The summed E-state index contributed by atoms with van der Waals surface area (Å²) in [6, 6.07) is -0.150. The second-order valence-electron chi connectivity index (χ2n) is 13.0. The molecule has 0 radical (unpaired) electrons. The molecule has 2 saturated heterocycles. The van der Waals surface area contributed by atoms with Crippen molar-refractivity contribution >= 4 is 37.1 Å². The number of allylic oxidation sites excluding steroid dienone is 1. The predicted molar refractivity (Wildman–Crippen MR) is 162 cm³/mol. The van der Waals surface area contributed by atoms with Crippen LogP contribution in [0, 0.1) is 12.8 Å². The van der Waals surface area contributed by atoms with Gasteiger partial charge in [0.05, 0.1) is 18.3 Å². The van der Waals surface area contributed by atoms with Crippen molar-refractivity contribution in [3.63, 3.8) is 0 Å². The lowest BCUT2D eigenvalue weighted by Gasteiger charge is -2.38. The van der Waals surface area contributed by atoms with Gasteiger partial charge in [-0.3, -0.25) is 19.4 Å². The summed E-state index contributed by atoms with van der Waals surface area (Å²) in [5.74, 6) is 0.506. The highest BCUT2D eigenvalue weighted by atomic mass is 32.9. The van der Waals surface area contributed by atoms with Crippen LogP contribution in [-0.4, -0.2) is 47.5 Å². The summed E-state index contributed by atoms with van der Waals surface area (Å²) in [5, 5.41) is 4.09. The van der Waals surface area contributed by atoms with E-state index in [1.165, 1.54) is 10.1 Å². The first-order chi connectivity index (χ1) is 17.4. The molecular formula is C26H44N3O5PS2Si. The third-order valence-corrected chi connectivity index (χ3v) is 19.4. The number of ether oxygens (including phenoxy) is 1. The van der Waals surface area contributed by atoms with Gasteiger partial charge in [0, 0.05) is 29.5 Å². The van der Waals surface area contributed by atoms with E-state index in [-0.39, 0.29) is 28.3 Å². The number of aryl methyl sites for hydroxylation is 1. The first kappa shape index (κ1) is 30.4. The van der Waals surface area contributed by atoms with Gasteiger partial charge < -0.3 is 13.7 Å². The van der Waals surface area contributed by atoms with E-state index in [0.717, 1.165) is 19.3 Å². The van der Waals surface area contributed by atoms with Gasteiger partial charge in [0.15, 0.2) is 13.9 Å². The fourth-order valence-corrected chi connectivity index (χ4v) is 13.9. The number of aromatic amines is 1. The number of fused-ring (bicyclic) bond motifs is 1. The molecule has 1 aromatic rings. The lowest BCUT2D eigenvalue weighted by molar-refractivity contribution is -0.0257. The van der Waals surface area contributed by atoms with Gasteiger partial charge in [0.2, 0.25) is 0 Å². The topological polar surface area (TPSA) is 94.6 Å². The molecule has 1 unspecified atom stereocenters. The quantitative estimate of drug-likeness (QED) is 0.237. The number of rotatable bonds is 7. The monoisotopic (exact) mass is 601 g/mol. The average Bonchev–Trinajstić information content (AvgIpc) is 3.29. The molecule has 0 bridgehead atoms. The molecule has 2 N–H and O–H groups in total. The molecule has 38 heavy (non-hydrogen) atoms. The van der Waals surface area contributed by atoms with Crippen LogP contribution < -0.4 is 16.3 Å². The van der Waals surface area contributed by atoms with E-state index in [2.05, 4.69) is 64.4 Å². The number of nitrogens with one attached hydrogen (secondary N) is 2. The Hall–Kier alpha value is -0.523. The summed E-state index contributed by atoms with van der Waals surface area (Å²) < 4.78 is 21.2. The van der Waals surface area contributed by atoms with Crippen molar-refractivity contribution in [2.75, 3.05) is 6.61 Å². The minimum Gasteiger partial charge on any atom is -0.414 e. The van der Waals surface area contributed by atoms with Crippen LogP contribution in [0.1, 0.15) is 72.1 Å². The number of hydrogen-bond acceptors (Lipinski definition) is 7. The molecule has 7 atom stereocenters. The molecule has 214 valence electrons. The Morgan fingerprint density at radius 2 is 2.08 bits per heavy atom. The minimum absolute atomic E-state index is 0.0572. The molecular weight excluding hydrogens is 557 g/mol. The summed E-state index contributed by atoms with van der Waals surface area (Å²) in [4.78, 5) is 27.0. The SMILES string of the molecule is C=C(C)[C@H]1CC[C@@]2(C)OP(=S)(N[C@H]3C[C@H](n4cc(C)c(=O)[nH]c4=O)O[C@@H]3CO[Si](C)(C)C(C)(C)C)S[C@@H]2C1. The molecule has 0 aromatic carbocycles. The lowest BCUT2D eigenvalue weighted by atomic mass is 9.77. The summed E-state index contributed by atoms with van der Waals surface area (Å²) in [6.07, 6.45) is 4.33. The number of aromatic nitrogens is 2. The molecule has 3 aliphatic rings. The third kappa shape index (κ3) is 6.20. The van der Waals surface area contributed by atoms with Crippen LogP contribution in [0.2, 0.25) is 18.1 Å². The van der Waals surface area contributed by atoms with Crippen LogP contribution in [0.25, 0.3) is 0 Å². The number of H-pyrrole nitrogens is 1. The van der Waals surface area contributed by atoms with E-state index in [1.54, 1.807) is 24.5 Å². The zero-order valence-electron chi connectivity index (χ0n) is 24.0. The van der Waals surface area contributed by atoms with Crippen LogP contribution in [0.15, 0.2) is 27.9 Å². The van der Waals surface area contributed by atoms with Crippen LogP contribution in [-0.2, 0) is 25.5 Å². The highest BCUT2D eigenvalue weighted by Gasteiger charge is 2.54. The van der Waals surface area contributed by atoms with Gasteiger partial charge in [0.25, 0.3) is 5.56 Å². The van der Waals surface area contributed by atoms with Gasteiger partial charge in [-0.1, -0.05) is 44.3 Å². The van der Waals surface area contributed by atoms with Crippen LogP contribution >= 0.6 is 17.0 Å². The van der Waals surface area contributed by atoms with Crippen molar-refractivity contribution in [3.8, 4) is 0 Å². The highest BCUT2D eigenvalue weighted by Crippen LogP contribution is 2.72. The maximum Gasteiger partial charge on any atom is 0.330 e. The van der Waals surface area contributed by atoms with E-state index in [9.17, 15) is 9.59 Å². The summed E-state index contributed by atoms with van der Waals surface area (Å²) in [7, 11) is -2.03. The largest absolute Gasteiger partial charge is 0.414 e. The number of hydrogen-bond donors (Lipinski definition) is 2. The summed E-state index contributed by atoms with van der Waals surface area (Å²) >= 11 is 7.98. The molecule has 1 aromatic heterocycles. The van der Waals surface area contributed by atoms with E-state index in [4.69, 9.17) is 25.5 Å². The normalized spacial score (nSPS) is 35.8. The maximum absolute atomic E-state index is 12.7. The Balaban J connectivity index is 1.57. The maximum atomic E-state index is 12.7. The lowest BCUT2D eigenvalue weighted by Crippen LogP contribution is -2.45. The van der Waals surface area contributed by atoms with Crippen LogP contribution in [0.4, 0.5) is 0 Å². The fourth-order valence-electron chi connectivity index (χ4n) is 5.18. The van der Waals surface area contributed by atoms with Gasteiger partial charge in [0.1, 0.15) is 6.23 Å². The Labute approximate surface area is 236 Å². The predicted octanol–water partition coefficient (Wildman–Crippen LogP) is 5.60. The molecule has 1 aliphatic carbocycles. The van der Waals surface area contributed by atoms with E-state index in [1.807, 2.05) is 0 Å². The first-order valence-electron chi connectivity index (χ1n) is 13.5. The van der Waals surface area contributed by atoms with Crippen molar-refractivity contribution in [1.82, 2.24) is 14.6 Å². The second-order valence-corrected chi connectivity index (χ2v) is 24.4. The molecule has 3 heterocycles.